The summed E-state index contributed by atoms with van der Waals surface area (Å²) in [7, 11) is 1.62. The van der Waals surface area contributed by atoms with Crippen molar-refractivity contribution in [2.75, 3.05) is 25.6 Å². The zero-order valence-electron chi connectivity index (χ0n) is 22.2. The maximum Gasteiger partial charge on any atom is 0.336 e. The first kappa shape index (κ1) is 27.2. The largest absolute Gasteiger partial charge is 0.497 e. The Kier molecular flexibility index (Phi) is 8.36. The fourth-order valence-corrected chi connectivity index (χ4v) is 5.76. The highest BCUT2D eigenvalue weighted by Crippen LogP contribution is 2.45. The van der Waals surface area contributed by atoms with Crippen LogP contribution in [-0.4, -0.2) is 48.8 Å². The molecule has 200 valence electrons. The van der Waals surface area contributed by atoms with Gasteiger partial charge >= 0.3 is 11.9 Å². The van der Waals surface area contributed by atoms with E-state index in [2.05, 4.69) is 10.6 Å². The quantitative estimate of drug-likeness (QED) is 0.363. The molecule has 0 spiro atoms. The molecule has 0 saturated carbocycles. The molecule has 3 atom stereocenters. The predicted octanol–water partition coefficient (Wildman–Crippen LogP) is 5.15. The van der Waals surface area contributed by atoms with E-state index in [9.17, 15) is 9.59 Å². The van der Waals surface area contributed by atoms with E-state index in [4.69, 9.17) is 19.2 Å². The Bertz CT molecular complexity index is 1320. The molecule has 1 aliphatic heterocycles. The number of carbonyl (C=O) groups is 2. The van der Waals surface area contributed by atoms with Gasteiger partial charge in [-0.15, -0.1) is 11.3 Å². The van der Waals surface area contributed by atoms with E-state index >= 15 is 0 Å². The van der Waals surface area contributed by atoms with Crippen LogP contribution < -0.4 is 15.4 Å². The molecule has 3 aromatic rings. The maximum atomic E-state index is 14.0. The molecular weight excluding hydrogens is 502 g/mol. The first-order valence-corrected chi connectivity index (χ1v) is 13.5. The Morgan fingerprint density at radius 1 is 1.08 bits per heavy atom. The van der Waals surface area contributed by atoms with Gasteiger partial charge in [0.25, 0.3) is 0 Å². The average Bonchev–Trinajstić information content (AvgIpc) is 3.39. The summed E-state index contributed by atoms with van der Waals surface area (Å²) in [6.07, 6.45) is 0. The summed E-state index contributed by atoms with van der Waals surface area (Å²) >= 11 is 1.37. The van der Waals surface area contributed by atoms with Gasteiger partial charge in [-0.3, -0.25) is 0 Å². The number of aromatic nitrogens is 1. The van der Waals surface area contributed by atoms with Gasteiger partial charge in [-0.05, 0) is 45.4 Å². The highest BCUT2D eigenvalue weighted by Gasteiger charge is 2.58. The first-order chi connectivity index (χ1) is 18.3. The number of benzene rings is 2. The molecule has 2 N–H and O–H groups in total. The Labute approximate surface area is 227 Å². The molecule has 0 amide bonds. The van der Waals surface area contributed by atoms with Gasteiger partial charge in [0.15, 0.2) is 10.7 Å². The van der Waals surface area contributed by atoms with E-state index in [1.807, 2.05) is 73.8 Å². The molecule has 4 rings (SSSR count). The van der Waals surface area contributed by atoms with Crippen LogP contribution in [0.25, 0.3) is 11.3 Å². The normalized spacial score (nSPS) is 20.9. The lowest BCUT2D eigenvalue weighted by Gasteiger charge is -2.48. The van der Waals surface area contributed by atoms with E-state index in [0.29, 0.717) is 16.4 Å². The topological polar surface area (TPSA) is 98.8 Å². The van der Waals surface area contributed by atoms with E-state index in [-0.39, 0.29) is 13.2 Å². The smallest absolute Gasteiger partial charge is 0.336 e. The molecule has 0 saturated heterocycles. The number of nitrogens with one attached hydrogen (secondary N) is 2. The molecule has 0 fully saturated rings. The summed E-state index contributed by atoms with van der Waals surface area (Å²) in [6.45, 7) is 7.65. The molecular formula is C29H33N3O5S. The predicted molar refractivity (Wildman–Crippen MR) is 148 cm³/mol. The zero-order chi connectivity index (χ0) is 27.3. The van der Waals surface area contributed by atoms with Gasteiger partial charge in [0.05, 0.1) is 43.6 Å². The van der Waals surface area contributed by atoms with Crippen molar-refractivity contribution in [2.24, 2.45) is 0 Å². The van der Waals surface area contributed by atoms with Crippen molar-refractivity contribution >= 4 is 28.4 Å². The van der Waals surface area contributed by atoms with Gasteiger partial charge in [-0.1, -0.05) is 42.5 Å². The molecule has 2 aromatic carbocycles. The monoisotopic (exact) mass is 535 g/mol. The third-order valence-electron chi connectivity index (χ3n) is 6.69. The number of thiazole rings is 1. The lowest BCUT2D eigenvalue weighted by Crippen LogP contribution is -2.66. The van der Waals surface area contributed by atoms with Crippen molar-refractivity contribution in [1.82, 2.24) is 10.3 Å². The molecule has 9 heteroatoms. The van der Waals surface area contributed by atoms with Crippen LogP contribution in [-0.2, 0) is 19.1 Å². The second-order valence-electron chi connectivity index (χ2n) is 8.95. The molecule has 0 radical (unpaired) electrons. The number of allylic oxidation sites excluding steroid dienone is 1. The summed E-state index contributed by atoms with van der Waals surface area (Å²) in [4.78, 5) is 32.1. The van der Waals surface area contributed by atoms with Crippen LogP contribution in [0.4, 0.5) is 5.13 Å². The van der Waals surface area contributed by atoms with Crippen molar-refractivity contribution in [2.45, 2.75) is 45.2 Å². The van der Waals surface area contributed by atoms with Gasteiger partial charge in [-0.25, -0.2) is 14.6 Å². The molecule has 1 aromatic heterocycles. The average molecular weight is 536 g/mol. The van der Waals surface area contributed by atoms with Crippen molar-refractivity contribution in [1.29, 1.82) is 0 Å². The molecule has 38 heavy (non-hydrogen) atoms. The van der Waals surface area contributed by atoms with Crippen LogP contribution in [0.1, 0.15) is 39.2 Å². The Hall–Kier alpha value is -3.85. The van der Waals surface area contributed by atoms with Gasteiger partial charge in [0.2, 0.25) is 0 Å². The number of hydrogen-bond acceptors (Lipinski definition) is 9. The van der Waals surface area contributed by atoms with Crippen LogP contribution in [0.3, 0.4) is 0 Å². The Morgan fingerprint density at radius 2 is 1.82 bits per heavy atom. The SMILES string of the molecule is CCOC(=O)C1=C(C)NC(C)C(Nc2nc(-c3cccc(OC)c3)cs2)(C(=O)OCC)C1c1ccccc1. The van der Waals surface area contributed by atoms with E-state index in [0.717, 1.165) is 22.6 Å². The number of rotatable bonds is 9. The van der Waals surface area contributed by atoms with Crippen LogP contribution in [0, 0.1) is 0 Å². The Balaban J connectivity index is 1.87. The highest BCUT2D eigenvalue weighted by molar-refractivity contribution is 7.14. The summed E-state index contributed by atoms with van der Waals surface area (Å²) < 4.78 is 16.5. The standard InChI is InChI=1S/C29H33N3O5S/c1-6-36-26(33)24-18(3)30-19(4)29(27(34)37-7-2,25(24)20-12-9-8-10-13-20)32-28-31-23(17-38-28)21-14-11-15-22(16-21)35-5/h8-17,19,25,30H,6-7H2,1-5H3,(H,31,32). The number of esters is 2. The minimum atomic E-state index is -1.40. The Morgan fingerprint density at radius 3 is 2.50 bits per heavy atom. The molecule has 1 aliphatic rings. The number of nitrogens with zero attached hydrogens (tertiary/aromatic N) is 1. The minimum absolute atomic E-state index is 0.181. The number of carbonyl (C=O) groups excluding carboxylic acids is 2. The third-order valence-corrected chi connectivity index (χ3v) is 7.45. The van der Waals surface area contributed by atoms with E-state index in [1.54, 1.807) is 21.0 Å². The number of ether oxygens (including phenoxy) is 3. The van der Waals surface area contributed by atoms with Gasteiger partial charge in [0, 0.05) is 16.6 Å². The van der Waals surface area contributed by atoms with E-state index in [1.165, 1.54) is 11.3 Å². The zero-order valence-corrected chi connectivity index (χ0v) is 23.1. The van der Waals surface area contributed by atoms with Crippen molar-refractivity contribution in [3.63, 3.8) is 0 Å². The molecule has 3 unspecified atom stereocenters. The number of anilines is 1. The summed E-state index contributed by atoms with van der Waals surface area (Å²) in [6, 6.07) is 16.7. The van der Waals surface area contributed by atoms with Crippen LogP contribution in [0.15, 0.2) is 71.2 Å². The van der Waals surface area contributed by atoms with Gasteiger partial charge < -0.3 is 24.8 Å². The second-order valence-corrected chi connectivity index (χ2v) is 9.81. The lowest BCUT2D eigenvalue weighted by atomic mass is 9.68. The molecule has 8 nitrogen and oxygen atoms in total. The fourth-order valence-electron chi connectivity index (χ4n) is 4.97. The highest BCUT2D eigenvalue weighted by atomic mass is 32.1. The summed E-state index contributed by atoms with van der Waals surface area (Å²) in [5, 5.41) is 9.23. The lowest BCUT2D eigenvalue weighted by molar-refractivity contribution is -0.151. The maximum absolute atomic E-state index is 14.0. The van der Waals surface area contributed by atoms with Crippen molar-refractivity contribution in [3.05, 3.63) is 76.8 Å². The number of hydrogen-bond donors (Lipinski definition) is 2. The van der Waals surface area contributed by atoms with Crippen molar-refractivity contribution in [3.8, 4) is 17.0 Å². The van der Waals surface area contributed by atoms with Crippen LogP contribution in [0.2, 0.25) is 0 Å². The van der Waals surface area contributed by atoms with Crippen molar-refractivity contribution < 1.29 is 23.8 Å². The van der Waals surface area contributed by atoms with Gasteiger partial charge in [-0.2, -0.15) is 0 Å². The summed E-state index contributed by atoms with van der Waals surface area (Å²) in [5.41, 5.74) is 2.04. The molecule has 0 bridgehead atoms. The molecule has 0 aliphatic carbocycles. The fraction of sp³-hybridized carbons (Fsp3) is 0.345. The first-order valence-electron chi connectivity index (χ1n) is 12.6. The van der Waals surface area contributed by atoms with E-state index < -0.39 is 29.4 Å². The van der Waals surface area contributed by atoms with Crippen LogP contribution in [0.5, 0.6) is 5.75 Å². The second kappa shape index (κ2) is 11.7. The minimum Gasteiger partial charge on any atom is -0.497 e. The molecule has 2 heterocycles. The van der Waals surface area contributed by atoms with Crippen LogP contribution >= 0.6 is 11.3 Å². The summed E-state index contributed by atoms with van der Waals surface area (Å²) in [5.74, 6) is -0.949. The third kappa shape index (κ3) is 5.11. The number of methoxy groups -OCH3 is 1. The van der Waals surface area contributed by atoms with Gasteiger partial charge in [0.1, 0.15) is 5.75 Å².